The van der Waals surface area contributed by atoms with Gasteiger partial charge in [-0.05, 0) is 36.8 Å². The third-order valence-corrected chi connectivity index (χ3v) is 4.62. The number of benzene rings is 2. The summed E-state index contributed by atoms with van der Waals surface area (Å²) in [7, 11) is -3.92. The van der Waals surface area contributed by atoms with E-state index in [0.29, 0.717) is 10.6 Å². The maximum absolute atomic E-state index is 13.6. The second kappa shape index (κ2) is 5.91. The second-order valence-electron chi connectivity index (χ2n) is 4.33. The number of hydrogen-bond donors (Lipinski definition) is 1. The van der Waals surface area contributed by atoms with E-state index in [0.717, 1.165) is 6.07 Å². The molecule has 0 saturated heterocycles. The van der Waals surface area contributed by atoms with E-state index < -0.39 is 21.9 Å². The summed E-state index contributed by atoms with van der Waals surface area (Å²) in [6, 6.07) is 11.6. The maximum atomic E-state index is 13.6. The average Bonchev–Trinajstić information content (AvgIpc) is 2.38. The Labute approximate surface area is 122 Å². The van der Waals surface area contributed by atoms with Crippen LogP contribution in [0.4, 0.5) is 4.39 Å². The molecule has 3 nitrogen and oxygen atoms in total. The average molecular weight is 314 g/mol. The number of nitrogens with one attached hydrogen (secondary N) is 1. The molecule has 2 rings (SSSR count). The van der Waals surface area contributed by atoms with Crippen molar-refractivity contribution < 1.29 is 12.8 Å². The van der Waals surface area contributed by atoms with Gasteiger partial charge in [-0.15, -0.1) is 0 Å². The fraction of sp³-hybridized carbons (Fsp3) is 0.143. The Hall–Kier alpha value is -1.43. The third-order valence-electron chi connectivity index (χ3n) is 2.81. The topological polar surface area (TPSA) is 46.2 Å². The minimum absolute atomic E-state index is 0.367. The van der Waals surface area contributed by atoms with E-state index in [-0.39, 0.29) is 4.90 Å². The van der Waals surface area contributed by atoms with Crippen LogP contribution in [-0.4, -0.2) is 8.42 Å². The molecular weight excluding hydrogens is 301 g/mol. The molecule has 20 heavy (non-hydrogen) atoms. The van der Waals surface area contributed by atoms with Crippen LogP contribution in [0.2, 0.25) is 5.02 Å². The monoisotopic (exact) mass is 313 g/mol. The lowest BCUT2D eigenvalue weighted by molar-refractivity contribution is 0.547. The quantitative estimate of drug-likeness (QED) is 0.938. The summed E-state index contributed by atoms with van der Waals surface area (Å²) in [5.41, 5.74) is 0.706. The standard InChI is InChI=1S/C14H13ClFNO2S/c1-10(11-5-4-6-12(15)9-11)17-20(18,19)14-8-3-2-7-13(14)16/h2-10,17H,1H3/t10-/m0/s1. The van der Waals surface area contributed by atoms with Crippen LogP contribution in [0.25, 0.3) is 0 Å². The number of sulfonamides is 1. The fourth-order valence-corrected chi connectivity index (χ4v) is 3.31. The zero-order valence-corrected chi connectivity index (χ0v) is 12.2. The van der Waals surface area contributed by atoms with Gasteiger partial charge >= 0.3 is 0 Å². The Morgan fingerprint density at radius 2 is 1.85 bits per heavy atom. The largest absolute Gasteiger partial charge is 0.244 e. The SMILES string of the molecule is C[C@H](NS(=O)(=O)c1ccccc1F)c1cccc(Cl)c1. The highest BCUT2D eigenvalue weighted by atomic mass is 35.5. The van der Waals surface area contributed by atoms with Crippen molar-refractivity contribution in [3.8, 4) is 0 Å². The van der Waals surface area contributed by atoms with Crippen LogP contribution in [0.3, 0.4) is 0 Å². The number of hydrogen-bond acceptors (Lipinski definition) is 2. The van der Waals surface area contributed by atoms with Gasteiger partial charge in [0.2, 0.25) is 10.0 Å². The van der Waals surface area contributed by atoms with Gasteiger partial charge in [0.1, 0.15) is 10.7 Å². The van der Waals surface area contributed by atoms with Crippen LogP contribution < -0.4 is 4.72 Å². The van der Waals surface area contributed by atoms with Crippen molar-refractivity contribution in [3.63, 3.8) is 0 Å². The van der Waals surface area contributed by atoms with Gasteiger partial charge < -0.3 is 0 Å². The highest BCUT2D eigenvalue weighted by Gasteiger charge is 2.21. The number of halogens is 2. The predicted molar refractivity (Wildman–Crippen MR) is 76.6 cm³/mol. The lowest BCUT2D eigenvalue weighted by atomic mass is 10.1. The first-order valence-corrected chi connectivity index (χ1v) is 7.78. The molecule has 0 aromatic heterocycles. The van der Waals surface area contributed by atoms with Gasteiger partial charge in [-0.3, -0.25) is 0 Å². The first-order chi connectivity index (χ1) is 9.40. The van der Waals surface area contributed by atoms with Gasteiger partial charge in [0.05, 0.1) is 0 Å². The Morgan fingerprint density at radius 1 is 1.15 bits per heavy atom. The van der Waals surface area contributed by atoms with Crippen LogP contribution in [-0.2, 0) is 10.0 Å². The number of rotatable bonds is 4. The molecule has 2 aromatic rings. The predicted octanol–water partition coefficient (Wildman–Crippen LogP) is 3.52. The molecule has 0 unspecified atom stereocenters. The lowest BCUT2D eigenvalue weighted by Gasteiger charge is -2.15. The Kier molecular flexibility index (Phi) is 4.42. The Morgan fingerprint density at radius 3 is 2.50 bits per heavy atom. The minimum atomic E-state index is -3.92. The fourth-order valence-electron chi connectivity index (χ4n) is 1.80. The highest BCUT2D eigenvalue weighted by molar-refractivity contribution is 7.89. The molecule has 0 aliphatic rings. The molecule has 0 amide bonds. The van der Waals surface area contributed by atoms with E-state index in [2.05, 4.69) is 4.72 Å². The first-order valence-electron chi connectivity index (χ1n) is 5.92. The molecule has 0 aliphatic carbocycles. The van der Waals surface area contributed by atoms with Crippen LogP contribution in [0, 0.1) is 5.82 Å². The van der Waals surface area contributed by atoms with Gasteiger partial charge in [-0.2, -0.15) is 0 Å². The van der Waals surface area contributed by atoms with E-state index in [1.54, 1.807) is 31.2 Å². The molecule has 0 fully saturated rings. The van der Waals surface area contributed by atoms with E-state index in [1.807, 2.05) is 0 Å². The summed E-state index contributed by atoms with van der Waals surface area (Å²) >= 11 is 5.87. The maximum Gasteiger partial charge on any atom is 0.244 e. The molecule has 2 aromatic carbocycles. The van der Waals surface area contributed by atoms with Crippen molar-refractivity contribution >= 4 is 21.6 Å². The van der Waals surface area contributed by atoms with Crippen LogP contribution in [0.5, 0.6) is 0 Å². The molecule has 0 bridgehead atoms. The summed E-state index contributed by atoms with van der Waals surface area (Å²) in [4.78, 5) is -0.367. The van der Waals surface area contributed by atoms with Gasteiger partial charge in [0.25, 0.3) is 0 Å². The second-order valence-corrected chi connectivity index (χ2v) is 6.45. The Bertz CT molecular complexity index is 719. The van der Waals surface area contributed by atoms with Crippen molar-refractivity contribution in [2.75, 3.05) is 0 Å². The smallest absolute Gasteiger partial charge is 0.207 e. The van der Waals surface area contributed by atoms with Crippen molar-refractivity contribution in [3.05, 3.63) is 64.9 Å². The highest BCUT2D eigenvalue weighted by Crippen LogP contribution is 2.21. The zero-order chi connectivity index (χ0) is 14.8. The van der Waals surface area contributed by atoms with Crippen LogP contribution >= 0.6 is 11.6 Å². The summed E-state index contributed by atoms with van der Waals surface area (Å²) in [5.74, 6) is -0.779. The molecule has 0 aliphatic heterocycles. The van der Waals surface area contributed by atoms with Crippen molar-refractivity contribution in [2.24, 2.45) is 0 Å². The van der Waals surface area contributed by atoms with E-state index >= 15 is 0 Å². The molecule has 0 radical (unpaired) electrons. The molecule has 0 spiro atoms. The van der Waals surface area contributed by atoms with Crippen LogP contribution in [0.15, 0.2) is 53.4 Å². The van der Waals surface area contributed by atoms with E-state index in [9.17, 15) is 12.8 Å². The van der Waals surface area contributed by atoms with Crippen LogP contribution in [0.1, 0.15) is 18.5 Å². The molecule has 0 saturated carbocycles. The molecule has 106 valence electrons. The zero-order valence-electron chi connectivity index (χ0n) is 10.7. The summed E-state index contributed by atoms with van der Waals surface area (Å²) in [6.07, 6.45) is 0. The molecule has 6 heteroatoms. The van der Waals surface area contributed by atoms with Crippen molar-refractivity contribution in [2.45, 2.75) is 17.9 Å². The molecule has 0 heterocycles. The normalized spacial score (nSPS) is 13.2. The summed E-state index contributed by atoms with van der Waals surface area (Å²) < 4.78 is 40.3. The Balaban J connectivity index is 2.27. The molecule has 1 N–H and O–H groups in total. The van der Waals surface area contributed by atoms with E-state index in [1.165, 1.54) is 18.2 Å². The van der Waals surface area contributed by atoms with Gasteiger partial charge in [0, 0.05) is 11.1 Å². The minimum Gasteiger partial charge on any atom is -0.207 e. The summed E-state index contributed by atoms with van der Waals surface area (Å²) in [6.45, 7) is 1.67. The third kappa shape index (κ3) is 3.36. The van der Waals surface area contributed by atoms with Gasteiger partial charge in [-0.1, -0.05) is 35.9 Å². The summed E-state index contributed by atoms with van der Waals surface area (Å²) in [5, 5.41) is 0.513. The lowest BCUT2D eigenvalue weighted by Crippen LogP contribution is -2.27. The van der Waals surface area contributed by atoms with Gasteiger partial charge in [-0.25, -0.2) is 17.5 Å². The molecular formula is C14H13ClFNO2S. The van der Waals surface area contributed by atoms with Gasteiger partial charge in [0.15, 0.2) is 0 Å². The van der Waals surface area contributed by atoms with Crippen molar-refractivity contribution in [1.82, 2.24) is 4.72 Å². The first kappa shape index (κ1) is 15.0. The van der Waals surface area contributed by atoms with Crippen molar-refractivity contribution in [1.29, 1.82) is 0 Å². The van der Waals surface area contributed by atoms with E-state index in [4.69, 9.17) is 11.6 Å². The molecule has 1 atom stereocenters.